The third-order valence-corrected chi connectivity index (χ3v) is 6.28. The Labute approximate surface area is 169 Å². The number of aryl methyl sites for hydroxylation is 2. The van der Waals surface area contributed by atoms with Gasteiger partial charge >= 0.3 is 0 Å². The normalized spacial score (nSPS) is 11.1. The van der Waals surface area contributed by atoms with Gasteiger partial charge in [-0.05, 0) is 80.4 Å². The fourth-order valence-corrected chi connectivity index (χ4v) is 3.93. The number of rotatable bonds is 5. The molecule has 6 nitrogen and oxygen atoms in total. The molecular formula is C22H20N2O4S. The minimum Gasteiger partial charge on any atom is -0.322 e. The Morgan fingerprint density at radius 2 is 1.52 bits per heavy atom. The molecule has 0 saturated carbocycles. The van der Waals surface area contributed by atoms with Crippen LogP contribution in [0.2, 0.25) is 0 Å². The summed E-state index contributed by atoms with van der Waals surface area (Å²) in [6.07, 6.45) is 1.23. The molecule has 0 saturated heterocycles. The fourth-order valence-electron chi connectivity index (χ4n) is 2.67. The first-order valence-corrected chi connectivity index (χ1v) is 10.4. The highest BCUT2D eigenvalue weighted by molar-refractivity contribution is 7.91. The predicted molar refractivity (Wildman–Crippen MR) is 110 cm³/mol. The summed E-state index contributed by atoms with van der Waals surface area (Å²) in [6, 6.07) is 14.1. The van der Waals surface area contributed by atoms with Crippen LogP contribution in [0.4, 0.5) is 5.69 Å². The fraction of sp³-hybridized carbons (Fsp3) is 0.136. The van der Waals surface area contributed by atoms with E-state index in [0.29, 0.717) is 11.3 Å². The number of anilines is 1. The molecule has 0 aliphatic heterocycles. The van der Waals surface area contributed by atoms with Crippen LogP contribution in [0.5, 0.6) is 0 Å². The lowest BCUT2D eigenvalue weighted by molar-refractivity contribution is 0.101. The monoisotopic (exact) mass is 408 g/mol. The maximum absolute atomic E-state index is 12.8. The molecule has 148 valence electrons. The van der Waals surface area contributed by atoms with E-state index in [4.69, 9.17) is 0 Å². The van der Waals surface area contributed by atoms with Gasteiger partial charge in [0.25, 0.3) is 5.91 Å². The van der Waals surface area contributed by atoms with Crippen LogP contribution in [0.1, 0.15) is 38.8 Å². The number of pyridine rings is 1. The second kappa shape index (κ2) is 7.97. The van der Waals surface area contributed by atoms with Crippen LogP contribution >= 0.6 is 0 Å². The lowest BCUT2D eigenvalue weighted by atomic mass is 10.1. The summed E-state index contributed by atoms with van der Waals surface area (Å²) in [5.74, 6) is -0.490. The molecule has 1 amide bonds. The van der Waals surface area contributed by atoms with E-state index in [2.05, 4.69) is 10.3 Å². The van der Waals surface area contributed by atoms with E-state index in [9.17, 15) is 18.0 Å². The van der Waals surface area contributed by atoms with Crippen LogP contribution in [0.3, 0.4) is 0 Å². The molecule has 3 aromatic rings. The summed E-state index contributed by atoms with van der Waals surface area (Å²) in [5, 5.41) is 2.57. The van der Waals surface area contributed by atoms with Crippen molar-refractivity contribution in [1.29, 1.82) is 0 Å². The van der Waals surface area contributed by atoms with E-state index in [-0.39, 0.29) is 21.3 Å². The third kappa shape index (κ3) is 4.41. The van der Waals surface area contributed by atoms with Crippen molar-refractivity contribution in [3.63, 3.8) is 0 Å². The minimum absolute atomic E-state index is 0.0624. The third-order valence-electron chi connectivity index (χ3n) is 4.61. The quantitative estimate of drug-likeness (QED) is 0.645. The first-order valence-electron chi connectivity index (χ1n) is 8.89. The maximum atomic E-state index is 12.8. The van der Waals surface area contributed by atoms with Gasteiger partial charge in [0.05, 0.1) is 10.5 Å². The van der Waals surface area contributed by atoms with Gasteiger partial charge in [0.15, 0.2) is 10.8 Å². The van der Waals surface area contributed by atoms with Gasteiger partial charge in [0.1, 0.15) is 0 Å². The zero-order valence-electron chi connectivity index (χ0n) is 16.3. The second-order valence-electron chi connectivity index (χ2n) is 6.72. The Bertz CT molecular complexity index is 1180. The van der Waals surface area contributed by atoms with Gasteiger partial charge in [-0.2, -0.15) is 0 Å². The number of Topliss-reactive ketones (excluding diaryl/α,β-unsaturated/α-hetero) is 1. The Hall–Kier alpha value is -3.32. The highest BCUT2D eigenvalue weighted by Gasteiger charge is 2.20. The zero-order chi connectivity index (χ0) is 21.2. The molecule has 0 spiro atoms. The van der Waals surface area contributed by atoms with Crippen molar-refractivity contribution in [1.82, 2.24) is 4.98 Å². The number of nitrogens with zero attached hydrogens (tertiary/aromatic N) is 1. The molecule has 0 fully saturated rings. The van der Waals surface area contributed by atoms with E-state index in [1.807, 2.05) is 13.8 Å². The number of hydrogen-bond donors (Lipinski definition) is 1. The number of ketones is 1. The largest absolute Gasteiger partial charge is 0.322 e. The number of benzene rings is 2. The van der Waals surface area contributed by atoms with E-state index in [1.165, 1.54) is 25.3 Å². The van der Waals surface area contributed by atoms with Gasteiger partial charge in [-0.1, -0.05) is 6.07 Å². The van der Waals surface area contributed by atoms with Crippen LogP contribution in [0, 0.1) is 13.8 Å². The zero-order valence-corrected chi connectivity index (χ0v) is 17.1. The molecule has 7 heteroatoms. The van der Waals surface area contributed by atoms with E-state index >= 15 is 0 Å². The molecule has 0 unspecified atom stereocenters. The smallest absolute Gasteiger partial charge is 0.257 e. The Morgan fingerprint density at radius 3 is 2.07 bits per heavy atom. The molecule has 1 heterocycles. The molecular weight excluding hydrogens is 388 g/mol. The molecule has 0 bridgehead atoms. The molecule has 0 aliphatic carbocycles. The van der Waals surface area contributed by atoms with Crippen LogP contribution in [0.15, 0.2) is 70.7 Å². The predicted octanol–water partition coefficient (Wildman–Crippen LogP) is 3.99. The van der Waals surface area contributed by atoms with Crippen molar-refractivity contribution < 1.29 is 18.0 Å². The number of aromatic nitrogens is 1. The van der Waals surface area contributed by atoms with Crippen molar-refractivity contribution in [3.05, 3.63) is 83.0 Å². The molecule has 0 aliphatic rings. The van der Waals surface area contributed by atoms with E-state index in [1.54, 1.807) is 42.5 Å². The topological polar surface area (TPSA) is 93.2 Å². The van der Waals surface area contributed by atoms with Crippen molar-refractivity contribution in [3.8, 4) is 0 Å². The van der Waals surface area contributed by atoms with Crippen LogP contribution in [0.25, 0.3) is 0 Å². The summed E-state index contributed by atoms with van der Waals surface area (Å²) in [7, 11) is -3.77. The summed E-state index contributed by atoms with van der Waals surface area (Å²) in [6.45, 7) is 5.22. The number of amides is 1. The second-order valence-corrected chi connectivity index (χ2v) is 8.62. The molecule has 29 heavy (non-hydrogen) atoms. The van der Waals surface area contributed by atoms with Gasteiger partial charge in [-0.15, -0.1) is 0 Å². The van der Waals surface area contributed by atoms with Gasteiger partial charge < -0.3 is 5.32 Å². The first-order chi connectivity index (χ1) is 13.7. The molecule has 3 rings (SSSR count). The van der Waals surface area contributed by atoms with Crippen LogP contribution < -0.4 is 5.32 Å². The number of carbonyl (C=O) groups excluding carboxylic acids is 2. The highest BCUT2D eigenvalue weighted by atomic mass is 32.2. The SMILES string of the molecule is CC(=O)c1ccc(NC(=O)c2ccc(S(=O)(=O)c3ccc(C)c(C)c3)nc2)cc1. The summed E-state index contributed by atoms with van der Waals surface area (Å²) < 4.78 is 25.5. The van der Waals surface area contributed by atoms with E-state index < -0.39 is 15.7 Å². The van der Waals surface area contributed by atoms with Crippen molar-refractivity contribution in [2.24, 2.45) is 0 Å². The Morgan fingerprint density at radius 1 is 0.862 bits per heavy atom. The van der Waals surface area contributed by atoms with Crippen LogP contribution in [-0.2, 0) is 9.84 Å². The summed E-state index contributed by atoms with van der Waals surface area (Å²) >= 11 is 0. The van der Waals surface area contributed by atoms with Gasteiger partial charge in [0.2, 0.25) is 9.84 Å². The van der Waals surface area contributed by atoms with Crippen molar-refractivity contribution in [2.75, 3.05) is 5.32 Å². The average molecular weight is 408 g/mol. The highest BCUT2D eigenvalue weighted by Crippen LogP contribution is 2.22. The molecule has 1 aromatic heterocycles. The Kier molecular flexibility index (Phi) is 5.61. The Balaban J connectivity index is 1.79. The standard InChI is InChI=1S/C22H20N2O4S/c1-14-4-10-20(12-15(14)2)29(27,28)21-11-7-18(13-23-21)22(26)24-19-8-5-17(6-9-19)16(3)25/h4-13H,1-3H3,(H,24,26). The first kappa shape index (κ1) is 20.4. The molecule has 1 N–H and O–H groups in total. The number of carbonyl (C=O) groups is 2. The number of sulfone groups is 1. The molecule has 2 aromatic carbocycles. The van der Waals surface area contributed by atoms with Gasteiger partial charge in [0, 0.05) is 17.4 Å². The van der Waals surface area contributed by atoms with Gasteiger partial charge in [-0.25, -0.2) is 13.4 Å². The maximum Gasteiger partial charge on any atom is 0.257 e. The number of hydrogen-bond acceptors (Lipinski definition) is 5. The van der Waals surface area contributed by atoms with Crippen molar-refractivity contribution >= 4 is 27.2 Å². The average Bonchev–Trinajstić information content (AvgIpc) is 2.70. The molecule has 0 atom stereocenters. The van der Waals surface area contributed by atoms with Crippen LogP contribution in [-0.4, -0.2) is 25.1 Å². The van der Waals surface area contributed by atoms with E-state index in [0.717, 1.165) is 11.1 Å². The van der Waals surface area contributed by atoms with Crippen molar-refractivity contribution in [2.45, 2.75) is 30.7 Å². The molecule has 0 radical (unpaired) electrons. The minimum atomic E-state index is -3.77. The summed E-state index contributed by atoms with van der Waals surface area (Å²) in [5.41, 5.74) is 3.16. The lowest BCUT2D eigenvalue weighted by Crippen LogP contribution is -2.13. The summed E-state index contributed by atoms with van der Waals surface area (Å²) in [4.78, 5) is 27.8. The lowest BCUT2D eigenvalue weighted by Gasteiger charge is -2.08. The van der Waals surface area contributed by atoms with Gasteiger partial charge in [-0.3, -0.25) is 9.59 Å². The number of nitrogens with one attached hydrogen (secondary N) is 1.